The van der Waals surface area contributed by atoms with Gasteiger partial charge in [0.1, 0.15) is 5.75 Å². The second-order valence-corrected chi connectivity index (χ2v) is 4.32. The van der Waals surface area contributed by atoms with Crippen LogP contribution in [0.3, 0.4) is 0 Å². The molecule has 0 saturated heterocycles. The van der Waals surface area contributed by atoms with E-state index >= 15 is 0 Å². The van der Waals surface area contributed by atoms with E-state index in [1.54, 1.807) is 37.3 Å². The Hall–Kier alpha value is -2.07. The summed E-state index contributed by atoms with van der Waals surface area (Å²) in [5.74, 6) is 0.0603. The molecule has 0 saturated carbocycles. The van der Waals surface area contributed by atoms with Crippen molar-refractivity contribution in [3.8, 4) is 11.5 Å². The molecule has 0 heterocycles. The van der Waals surface area contributed by atoms with Gasteiger partial charge in [0.25, 0.3) is 0 Å². The number of nitrogens with zero attached hydrogens (tertiary/aromatic N) is 1. The van der Waals surface area contributed by atoms with Crippen LogP contribution in [-0.4, -0.2) is 10.9 Å². The molecular formula is C14H11ClFNO2. The van der Waals surface area contributed by atoms with Gasteiger partial charge >= 0.3 is 0 Å². The van der Waals surface area contributed by atoms with Crippen molar-refractivity contribution in [1.29, 1.82) is 0 Å². The summed E-state index contributed by atoms with van der Waals surface area (Å²) in [6, 6.07) is 11.0. The van der Waals surface area contributed by atoms with Crippen molar-refractivity contribution in [2.75, 3.05) is 0 Å². The molecule has 0 bridgehead atoms. The number of ether oxygens (including phenoxy) is 1. The Kier molecular flexibility index (Phi) is 4.02. The van der Waals surface area contributed by atoms with Gasteiger partial charge in [-0.15, -0.1) is 0 Å². The molecule has 0 fully saturated rings. The van der Waals surface area contributed by atoms with Gasteiger partial charge in [-0.2, -0.15) is 0 Å². The largest absolute Gasteiger partial charge is 0.454 e. The van der Waals surface area contributed by atoms with Crippen molar-refractivity contribution >= 4 is 17.3 Å². The van der Waals surface area contributed by atoms with E-state index in [1.807, 2.05) is 0 Å². The molecule has 98 valence electrons. The number of rotatable bonds is 3. The van der Waals surface area contributed by atoms with Crippen molar-refractivity contribution in [3.05, 3.63) is 58.9 Å². The van der Waals surface area contributed by atoms with E-state index in [4.69, 9.17) is 21.5 Å². The highest BCUT2D eigenvalue weighted by Crippen LogP contribution is 2.26. The molecule has 0 aromatic heterocycles. The average molecular weight is 280 g/mol. The molecule has 1 N–H and O–H groups in total. The molecule has 2 rings (SSSR count). The Morgan fingerprint density at radius 3 is 2.47 bits per heavy atom. The lowest BCUT2D eigenvalue weighted by Crippen LogP contribution is -1.94. The predicted octanol–water partition coefficient (Wildman–Crippen LogP) is 4.47. The van der Waals surface area contributed by atoms with Crippen LogP contribution in [0.4, 0.5) is 4.39 Å². The van der Waals surface area contributed by atoms with Crippen molar-refractivity contribution in [2.24, 2.45) is 5.16 Å². The summed E-state index contributed by atoms with van der Waals surface area (Å²) in [5, 5.41) is 12.1. The average Bonchev–Trinajstić information content (AvgIpc) is 2.42. The van der Waals surface area contributed by atoms with E-state index in [9.17, 15) is 4.39 Å². The Labute approximate surface area is 114 Å². The molecule has 0 spiro atoms. The fourth-order valence-corrected chi connectivity index (χ4v) is 1.67. The first kappa shape index (κ1) is 13.4. The Balaban J connectivity index is 2.20. The Bertz CT molecular complexity index is 611. The highest BCUT2D eigenvalue weighted by molar-refractivity contribution is 6.30. The second kappa shape index (κ2) is 5.71. The molecule has 3 nitrogen and oxygen atoms in total. The number of hydrogen-bond donors (Lipinski definition) is 1. The third-order valence-corrected chi connectivity index (χ3v) is 2.78. The van der Waals surface area contributed by atoms with Gasteiger partial charge in [-0.1, -0.05) is 16.8 Å². The molecule has 0 amide bonds. The molecule has 0 aliphatic carbocycles. The molecule has 2 aromatic carbocycles. The first-order valence-electron chi connectivity index (χ1n) is 5.52. The Morgan fingerprint density at radius 2 is 1.89 bits per heavy atom. The first-order chi connectivity index (χ1) is 9.10. The monoisotopic (exact) mass is 279 g/mol. The topological polar surface area (TPSA) is 41.8 Å². The summed E-state index contributed by atoms with van der Waals surface area (Å²) < 4.78 is 18.9. The fourth-order valence-electron chi connectivity index (χ4n) is 1.51. The van der Waals surface area contributed by atoms with E-state index in [1.165, 1.54) is 12.1 Å². The van der Waals surface area contributed by atoms with Crippen LogP contribution in [0.25, 0.3) is 0 Å². The minimum Gasteiger partial charge on any atom is -0.454 e. The molecule has 0 aliphatic rings. The van der Waals surface area contributed by atoms with E-state index in [-0.39, 0.29) is 5.75 Å². The molecule has 0 unspecified atom stereocenters. The van der Waals surface area contributed by atoms with Crippen molar-refractivity contribution in [1.82, 2.24) is 0 Å². The standard InChI is InChI=1S/C14H11ClFNO2/c1-9(17-18)10-2-5-12(6-3-10)19-14-7-4-11(15)8-13(14)16/h2-8,18H,1H3. The third kappa shape index (κ3) is 3.23. The van der Waals surface area contributed by atoms with Crippen LogP contribution in [0.2, 0.25) is 5.02 Å². The number of benzene rings is 2. The zero-order valence-corrected chi connectivity index (χ0v) is 10.9. The summed E-state index contributed by atoms with van der Waals surface area (Å²) in [5.41, 5.74) is 1.25. The quantitative estimate of drug-likeness (QED) is 0.512. The predicted molar refractivity (Wildman–Crippen MR) is 71.9 cm³/mol. The lowest BCUT2D eigenvalue weighted by Gasteiger charge is -2.07. The molecule has 19 heavy (non-hydrogen) atoms. The van der Waals surface area contributed by atoms with Gasteiger partial charge < -0.3 is 9.94 Å². The third-order valence-electron chi connectivity index (χ3n) is 2.54. The first-order valence-corrected chi connectivity index (χ1v) is 5.90. The number of hydrogen-bond acceptors (Lipinski definition) is 3. The maximum atomic E-state index is 13.5. The fraction of sp³-hybridized carbons (Fsp3) is 0.0714. The highest BCUT2D eigenvalue weighted by atomic mass is 35.5. The van der Waals surface area contributed by atoms with Crippen LogP contribution in [0.5, 0.6) is 11.5 Å². The minimum atomic E-state index is -0.523. The van der Waals surface area contributed by atoms with E-state index in [0.29, 0.717) is 16.5 Å². The molecular weight excluding hydrogens is 269 g/mol. The zero-order chi connectivity index (χ0) is 13.8. The second-order valence-electron chi connectivity index (χ2n) is 3.89. The Morgan fingerprint density at radius 1 is 1.21 bits per heavy atom. The summed E-state index contributed by atoms with van der Waals surface area (Å²) in [7, 11) is 0. The molecule has 5 heteroatoms. The minimum absolute atomic E-state index is 0.102. The van der Waals surface area contributed by atoms with Crippen molar-refractivity contribution in [3.63, 3.8) is 0 Å². The van der Waals surface area contributed by atoms with Crippen LogP contribution in [0.15, 0.2) is 47.6 Å². The maximum Gasteiger partial charge on any atom is 0.167 e. The number of halogens is 2. The summed E-state index contributed by atoms with van der Waals surface area (Å²) >= 11 is 5.66. The van der Waals surface area contributed by atoms with Gasteiger partial charge in [0.05, 0.1) is 5.71 Å². The summed E-state index contributed by atoms with van der Waals surface area (Å²) in [4.78, 5) is 0. The maximum absolute atomic E-state index is 13.5. The smallest absolute Gasteiger partial charge is 0.167 e. The zero-order valence-electron chi connectivity index (χ0n) is 10.1. The van der Waals surface area contributed by atoms with E-state index < -0.39 is 5.82 Å². The van der Waals surface area contributed by atoms with Gasteiger partial charge in [0, 0.05) is 5.02 Å². The lowest BCUT2D eigenvalue weighted by molar-refractivity contribution is 0.319. The van der Waals surface area contributed by atoms with E-state index in [0.717, 1.165) is 5.56 Å². The van der Waals surface area contributed by atoms with Gasteiger partial charge in [-0.05, 0) is 55.0 Å². The van der Waals surface area contributed by atoms with Crippen LogP contribution in [0, 0.1) is 5.82 Å². The summed E-state index contributed by atoms with van der Waals surface area (Å²) in [6.07, 6.45) is 0. The molecule has 0 atom stereocenters. The van der Waals surface area contributed by atoms with Gasteiger partial charge in [0.15, 0.2) is 11.6 Å². The van der Waals surface area contributed by atoms with Crippen LogP contribution in [0.1, 0.15) is 12.5 Å². The van der Waals surface area contributed by atoms with Crippen LogP contribution >= 0.6 is 11.6 Å². The van der Waals surface area contributed by atoms with Crippen LogP contribution in [-0.2, 0) is 0 Å². The molecule has 0 radical (unpaired) electrons. The van der Waals surface area contributed by atoms with Gasteiger partial charge in [-0.25, -0.2) is 4.39 Å². The van der Waals surface area contributed by atoms with Gasteiger partial charge in [0.2, 0.25) is 0 Å². The number of oxime groups is 1. The lowest BCUT2D eigenvalue weighted by atomic mass is 10.1. The van der Waals surface area contributed by atoms with Crippen molar-refractivity contribution < 1.29 is 14.3 Å². The molecule has 2 aromatic rings. The SMILES string of the molecule is CC(=NO)c1ccc(Oc2ccc(Cl)cc2F)cc1. The highest BCUT2D eigenvalue weighted by Gasteiger charge is 2.06. The normalized spacial score (nSPS) is 11.4. The van der Waals surface area contributed by atoms with Crippen LogP contribution < -0.4 is 4.74 Å². The summed E-state index contributed by atoms with van der Waals surface area (Å²) in [6.45, 7) is 1.68. The van der Waals surface area contributed by atoms with Crippen molar-refractivity contribution in [2.45, 2.75) is 6.92 Å². The van der Waals surface area contributed by atoms with Gasteiger partial charge in [-0.3, -0.25) is 0 Å². The molecule has 0 aliphatic heterocycles. The van der Waals surface area contributed by atoms with E-state index in [2.05, 4.69) is 5.16 Å².